The molecule has 1 aliphatic heterocycles. The molecular formula is C18H21NO2. The zero-order valence-electron chi connectivity index (χ0n) is 12.1. The number of nitrogens with zero attached hydrogens (tertiary/aromatic N) is 1. The fraction of sp³-hybridized carbons (Fsp3) is 0.333. The highest BCUT2D eigenvalue weighted by Gasteiger charge is 2.36. The van der Waals surface area contributed by atoms with Gasteiger partial charge in [-0.3, -0.25) is 4.90 Å². The van der Waals surface area contributed by atoms with Crippen LogP contribution in [0.4, 0.5) is 0 Å². The lowest BCUT2D eigenvalue weighted by molar-refractivity contribution is -0.156. The van der Waals surface area contributed by atoms with Crippen molar-refractivity contribution in [3.05, 3.63) is 71.8 Å². The van der Waals surface area contributed by atoms with Crippen molar-refractivity contribution in [2.45, 2.75) is 25.2 Å². The molecule has 110 valence electrons. The van der Waals surface area contributed by atoms with Crippen molar-refractivity contribution in [1.82, 2.24) is 4.90 Å². The maximum absolute atomic E-state index is 9.39. The summed E-state index contributed by atoms with van der Waals surface area (Å²) in [5, 5.41) is 9.39. The Kier molecular flexibility index (Phi) is 4.65. The van der Waals surface area contributed by atoms with Crippen LogP contribution in [-0.4, -0.2) is 35.4 Å². The molecule has 1 saturated heterocycles. The summed E-state index contributed by atoms with van der Waals surface area (Å²) in [4.78, 5) is 2.40. The third-order valence-corrected chi connectivity index (χ3v) is 4.02. The van der Waals surface area contributed by atoms with Gasteiger partial charge in [0.2, 0.25) is 0 Å². The molecule has 0 radical (unpaired) electrons. The highest BCUT2D eigenvalue weighted by atomic mass is 16.5. The number of hydrogen-bond donors (Lipinski definition) is 1. The molecule has 0 aromatic heterocycles. The standard InChI is InChI=1S/C18H21NO2/c20-13-18-17(14-21-18)19(11-15-7-3-1-4-8-15)12-16-9-5-2-6-10-16/h1-10,17-18,20H,11-14H2. The molecule has 2 unspecified atom stereocenters. The van der Waals surface area contributed by atoms with Crippen molar-refractivity contribution >= 4 is 0 Å². The van der Waals surface area contributed by atoms with E-state index in [1.165, 1.54) is 11.1 Å². The topological polar surface area (TPSA) is 32.7 Å². The molecule has 3 heteroatoms. The van der Waals surface area contributed by atoms with Crippen LogP contribution in [0.3, 0.4) is 0 Å². The van der Waals surface area contributed by atoms with Gasteiger partial charge in [0.25, 0.3) is 0 Å². The first-order chi connectivity index (χ1) is 10.4. The van der Waals surface area contributed by atoms with E-state index in [1.807, 2.05) is 12.1 Å². The minimum atomic E-state index is -0.0579. The van der Waals surface area contributed by atoms with E-state index in [0.29, 0.717) is 6.61 Å². The van der Waals surface area contributed by atoms with Crippen LogP contribution in [0.1, 0.15) is 11.1 Å². The molecular weight excluding hydrogens is 262 g/mol. The van der Waals surface area contributed by atoms with Crippen LogP contribution in [-0.2, 0) is 17.8 Å². The first-order valence-electron chi connectivity index (χ1n) is 7.41. The van der Waals surface area contributed by atoms with E-state index in [9.17, 15) is 5.11 Å². The Morgan fingerprint density at radius 2 is 1.43 bits per heavy atom. The Labute approximate surface area is 125 Å². The number of hydrogen-bond acceptors (Lipinski definition) is 3. The van der Waals surface area contributed by atoms with Crippen LogP contribution in [0.5, 0.6) is 0 Å². The van der Waals surface area contributed by atoms with Crippen molar-refractivity contribution in [3.8, 4) is 0 Å². The normalized spacial score (nSPS) is 21.2. The maximum atomic E-state index is 9.39. The van der Waals surface area contributed by atoms with Gasteiger partial charge in [0, 0.05) is 13.1 Å². The van der Waals surface area contributed by atoms with Gasteiger partial charge in [-0.2, -0.15) is 0 Å². The van der Waals surface area contributed by atoms with Gasteiger partial charge < -0.3 is 9.84 Å². The van der Waals surface area contributed by atoms with E-state index < -0.39 is 0 Å². The Morgan fingerprint density at radius 3 is 1.81 bits per heavy atom. The predicted octanol–water partition coefficient (Wildman–Crippen LogP) is 2.45. The smallest absolute Gasteiger partial charge is 0.0983 e. The number of aliphatic hydroxyl groups excluding tert-OH is 1. The lowest BCUT2D eigenvalue weighted by Gasteiger charge is -2.43. The summed E-state index contributed by atoms with van der Waals surface area (Å²) < 4.78 is 5.46. The highest BCUT2D eigenvalue weighted by Crippen LogP contribution is 2.23. The van der Waals surface area contributed by atoms with Crippen LogP contribution in [0, 0.1) is 0 Å². The number of benzene rings is 2. The van der Waals surface area contributed by atoms with Crippen LogP contribution < -0.4 is 0 Å². The van der Waals surface area contributed by atoms with Gasteiger partial charge in [0.1, 0.15) is 0 Å². The fourth-order valence-electron chi connectivity index (χ4n) is 2.76. The molecule has 0 spiro atoms. The molecule has 0 bridgehead atoms. The second kappa shape index (κ2) is 6.85. The van der Waals surface area contributed by atoms with Crippen molar-refractivity contribution in [2.24, 2.45) is 0 Å². The predicted molar refractivity (Wildman–Crippen MR) is 82.7 cm³/mol. The molecule has 0 saturated carbocycles. The van der Waals surface area contributed by atoms with Gasteiger partial charge >= 0.3 is 0 Å². The first-order valence-corrected chi connectivity index (χ1v) is 7.41. The van der Waals surface area contributed by atoms with E-state index >= 15 is 0 Å². The van der Waals surface area contributed by atoms with Gasteiger partial charge in [-0.25, -0.2) is 0 Å². The average molecular weight is 283 g/mol. The SMILES string of the molecule is OCC1OCC1N(Cc1ccccc1)Cc1ccccc1. The largest absolute Gasteiger partial charge is 0.394 e. The molecule has 0 aliphatic carbocycles. The van der Waals surface area contributed by atoms with Crippen molar-refractivity contribution < 1.29 is 9.84 Å². The van der Waals surface area contributed by atoms with Gasteiger partial charge in [0.05, 0.1) is 25.4 Å². The van der Waals surface area contributed by atoms with E-state index in [2.05, 4.69) is 53.4 Å². The minimum absolute atomic E-state index is 0.0579. The molecule has 21 heavy (non-hydrogen) atoms. The summed E-state index contributed by atoms with van der Waals surface area (Å²) in [6, 6.07) is 21.2. The lowest BCUT2D eigenvalue weighted by Crippen LogP contribution is -2.57. The highest BCUT2D eigenvalue weighted by molar-refractivity contribution is 5.17. The summed E-state index contributed by atoms with van der Waals surface area (Å²) in [6.45, 7) is 2.54. The van der Waals surface area contributed by atoms with Gasteiger partial charge in [0.15, 0.2) is 0 Å². The fourth-order valence-corrected chi connectivity index (χ4v) is 2.76. The molecule has 1 heterocycles. The summed E-state index contributed by atoms with van der Waals surface area (Å²) in [6.07, 6.45) is -0.0579. The summed E-state index contributed by atoms with van der Waals surface area (Å²) in [7, 11) is 0. The van der Waals surface area contributed by atoms with Crippen molar-refractivity contribution in [1.29, 1.82) is 0 Å². The van der Waals surface area contributed by atoms with E-state index in [0.717, 1.165) is 13.1 Å². The Morgan fingerprint density at radius 1 is 0.905 bits per heavy atom. The molecule has 1 aliphatic rings. The van der Waals surface area contributed by atoms with E-state index in [4.69, 9.17) is 4.74 Å². The third kappa shape index (κ3) is 3.50. The maximum Gasteiger partial charge on any atom is 0.0983 e. The van der Waals surface area contributed by atoms with E-state index in [-0.39, 0.29) is 18.8 Å². The third-order valence-electron chi connectivity index (χ3n) is 4.02. The molecule has 2 aromatic carbocycles. The van der Waals surface area contributed by atoms with Crippen LogP contribution in [0.2, 0.25) is 0 Å². The summed E-state index contributed by atoms with van der Waals surface area (Å²) in [5.74, 6) is 0. The summed E-state index contributed by atoms with van der Waals surface area (Å²) in [5.41, 5.74) is 2.58. The van der Waals surface area contributed by atoms with Crippen LogP contribution in [0.25, 0.3) is 0 Å². The number of ether oxygens (including phenoxy) is 1. The van der Waals surface area contributed by atoms with Gasteiger partial charge in [-0.1, -0.05) is 60.7 Å². The lowest BCUT2D eigenvalue weighted by atomic mass is 10.0. The van der Waals surface area contributed by atoms with E-state index in [1.54, 1.807) is 0 Å². The van der Waals surface area contributed by atoms with Crippen molar-refractivity contribution in [2.75, 3.05) is 13.2 Å². The minimum Gasteiger partial charge on any atom is -0.394 e. The van der Waals surface area contributed by atoms with Crippen LogP contribution >= 0.6 is 0 Å². The number of aliphatic hydroxyl groups is 1. The average Bonchev–Trinajstić information content (AvgIpc) is 2.49. The molecule has 2 atom stereocenters. The zero-order valence-corrected chi connectivity index (χ0v) is 12.1. The van der Waals surface area contributed by atoms with Gasteiger partial charge in [-0.15, -0.1) is 0 Å². The molecule has 3 rings (SSSR count). The molecule has 0 amide bonds. The Bertz CT molecular complexity index is 500. The molecule has 1 fully saturated rings. The number of rotatable bonds is 6. The molecule has 1 N–H and O–H groups in total. The molecule has 2 aromatic rings. The zero-order chi connectivity index (χ0) is 14.5. The van der Waals surface area contributed by atoms with Crippen molar-refractivity contribution in [3.63, 3.8) is 0 Å². The Hall–Kier alpha value is -1.68. The molecule has 3 nitrogen and oxygen atoms in total. The Balaban J connectivity index is 1.74. The van der Waals surface area contributed by atoms with Gasteiger partial charge in [-0.05, 0) is 11.1 Å². The second-order valence-electron chi connectivity index (χ2n) is 5.50. The first kappa shape index (κ1) is 14.3. The quantitative estimate of drug-likeness (QED) is 0.884. The monoisotopic (exact) mass is 283 g/mol. The summed E-state index contributed by atoms with van der Waals surface area (Å²) >= 11 is 0. The van der Waals surface area contributed by atoms with Crippen LogP contribution in [0.15, 0.2) is 60.7 Å². The second-order valence-corrected chi connectivity index (χ2v) is 5.50.